The van der Waals surface area contributed by atoms with Gasteiger partial charge in [-0.25, -0.2) is 4.79 Å². The summed E-state index contributed by atoms with van der Waals surface area (Å²) >= 11 is 3.34. The summed E-state index contributed by atoms with van der Waals surface area (Å²) in [4.78, 5) is 37.2. The Morgan fingerprint density at radius 3 is 2.13 bits per heavy atom. The summed E-state index contributed by atoms with van der Waals surface area (Å²) in [6.07, 6.45) is 1.50. The highest BCUT2D eigenvalue weighted by molar-refractivity contribution is 9.10. The Hall–Kier alpha value is -3.92. The maximum Gasteiger partial charge on any atom is 0.344 e. The van der Waals surface area contributed by atoms with Gasteiger partial charge >= 0.3 is 5.97 Å². The van der Waals surface area contributed by atoms with Crippen LogP contribution in [-0.2, 0) is 0 Å². The van der Waals surface area contributed by atoms with Crippen LogP contribution in [0.25, 0.3) is 0 Å². The molecule has 3 aromatic carbocycles. The molecule has 0 radical (unpaired) electrons. The van der Waals surface area contributed by atoms with E-state index in [0.29, 0.717) is 11.3 Å². The molecule has 0 N–H and O–H groups in total. The van der Waals surface area contributed by atoms with Gasteiger partial charge in [0.15, 0.2) is 0 Å². The van der Waals surface area contributed by atoms with Gasteiger partial charge in [-0.05, 0) is 36.4 Å². The zero-order chi connectivity index (χ0) is 21.7. The molecule has 0 saturated heterocycles. The molecule has 9 nitrogen and oxygen atoms in total. The molecule has 0 atom stereocenters. The van der Waals surface area contributed by atoms with Crippen molar-refractivity contribution >= 4 is 45.2 Å². The first-order chi connectivity index (χ1) is 14.3. The summed E-state index contributed by atoms with van der Waals surface area (Å²) in [5.74, 6) is -0.816. The van der Waals surface area contributed by atoms with Crippen molar-refractivity contribution in [3.63, 3.8) is 0 Å². The van der Waals surface area contributed by atoms with Gasteiger partial charge in [0.05, 0.1) is 27.2 Å². The summed E-state index contributed by atoms with van der Waals surface area (Å²) in [6.45, 7) is 0. The third-order valence-electron chi connectivity index (χ3n) is 3.86. The average molecular weight is 470 g/mol. The summed E-state index contributed by atoms with van der Waals surface area (Å²) in [5.41, 5.74) is -0.319. The number of carbonyl (C=O) groups excluding carboxylic acids is 1. The Morgan fingerprint density at radius 2 is 1.53 bits per heavy atom. The van der Waals surface area contributed by atoms with E-state index in [2.05, 4.69) is 20.9 Å². The fourth-order valence-electron chi connectivity index (χ4n) is 2.43. The van der Waals surface area contributed by atoms with Gasteiger partial charge in [0.1, 0.15) is 5.75 Å². The molecule has 0 bridgehead atoms. The van der Waals surface area contributed by atoms with Crippen LogP contribution in [0.5, 0.6) is 5.75 Å². The first-order valence-corrected chi connectivity index (χ1v) is 9.17. The molecule has 0 aliphatic carbocycles. The van der Waals surface area contributed by atoms with Gasteiger partial charge in [-0.15, -0.1) is 0 Å². The second kappa shape index (κ2) is 9.05. The molecule has 0 unspecified atom stereocenters. The molecule has 3 rings (SSSR count). The quantitative estimate of drug-likeness (QED) is 0.160. The average Bonchev–Trinajstić information content (AvgIpc) is 2.73. The van der Waals surface area contributed by atoms with Crippen LogP contribution in [0.3, 0.4) is 0 Å². The lowest BCUT2D eigenvalue weighted by molar-refractivity contribution is -0.394. The van der Waals surface area contributed by atoms with E-state index >= 15 is 0 Å². The van der Waals surface area contributed by atoms with Gasteiger partial charge in [-0.1, -0.05) is 28.1 Å². The van der Waals surface area contributed by atoms with Crippen molar-refractivity contribution in [2.24, 2.45) is 4.99 Å². The monoisotopic (exact) mass is 469 g/mol. The molecule has 0 aromatic heterocycles. The standard InChI is InChI=1S/C20H12BrN3O6/c21-15-5-7-16(8-6-15)22-12-13-3-1-2-4-19(13)30-20(25)14-9-17(23(26)27)11-18(10-14)24(28)29/h1-12H. The summed E-state index contributed by atoms with van der Waals surface area (Å²) in [6, 6.07) is 16.4. The largest absolute Gasteiger partial charge is 0.422 e. The number of carbonyl (C=O) groups is 1. The maximum atomic E-state index is 12.5. The number of benzene rings is 3. The Morgan fingerprint density at radius 1 is 0.933 bits per heavy atom. The predicted octanol–water partition coefficient (Wildman–Crippen LogP) is 5.24. The van der Waals surface area contributed by atoms with E-state index < -0.39 is 27.2 Å². The summed E-state index contributed by atoms with van der Waals surface area (Å²) in [7, 11) is 0. The SMILES string of the molecule is O=C(Oc1ccccc1C=Nc1ccc(Br)cc1)c1cc([N+](=O)[O-])cc([N+](=O)[O-])c1. The Labute approximate surface area is 178 Å². The van der Waals surface area contributed by atoms with Gasteiger partial charge in [0.2, 0.25) is 0 Å². The lowest BCUT2D eigenvalue weighted by Gasteiger charge is -2.07. The van der Waals surface area contributed by atoms with E-state index in [1.165, 1.54) is 12.3 Å². The van der Waals surface area contributed by atoms with Crippen molar-refractivity contribution < 1.29 is 19.4 Å². The molecule has 10 heteroatoms. The third kappa shape index (κ3) is 5.11. The molecule has 0 aliphatic heterocycles. The van der Waals surface area contributed by atoms with Crippen LogP contribution in [0.1, 0.15) is 15.9 Å². The van der Waals surface area contributed by atoms with Gasteiger partial charge in [0, 0.05) is 28.4 Å². The minimum atomic E-state index is -0.966. The second-order valence-corrected chi connectivity index (χ2v) is 6.83. The van der Waals surface area contributed by atoms with Crippen molar-refractivity contribution in [3.05, 3.63) is 103 Å². The van der Waals surface area contributed by atoms with Crippen LogP contribution in [0.4, 0.5) is 17.1 Å². The van der Waals surface area contributed by atoms with Crippen molar-refractivity contribution in [1.29, 1.82) is 0 Å². The van der Waals surface area contributed by atoms with E-state index in [9.17, 15) is 25.0 Å². The van der Waals surface area contributed by atoms with E-state index in [0.717, 1.165) is 22.7 Å². The Balaban J connectivity index is 1.88. The molecule has 30 heavy (non-hydrogen) atoms. The van der Waals surface area contributed by atoms with Crippen molar-refractivity contribution in [1.82, 2.24) is 0 Å². The third-order valence-corrected chi connectivity index (χ3v) is 4.39. The number of rotatable bonds is 6. The number of nitro groups is 2. The Bertz CT molecular complexity index is 1130. The molecule has 0 spiro atoms. The molecule has 3 aromatic rings. The first-order valence-electron chi connectivity index (χ1n) is 8.38. The minimum absolute atomic E-state index is 0.150. The number of nitro benzene ring substituents is 2. The molecular formula is C20H12BrN3O6. The molecule has 150 valence electrons. The van der Waals surface area contributed by atoms with Crippen LogP contribution in [0.2, 0.25) is 0 Å². The number of aliphatic imine (C=N–C) groups is 1. The summed E-state index contributed by atoms with van der Waals surface area (Å²) in [5, 5.41) is 22.0. The van der Waals surface area contributed by atoms with E-state index in [1.807, 2.05) is 12.1 Å². The van der Waals surface area contributed by atoms with Crippen LogP contribution in [0, 0.1) is 20.2 Å². The number of non-ortho nitro benzene ring substituents is 2. The number of nitrogens with zero attached hydrogens (tertiary/aromatic N) is 3. The molecular weight excluding hydrogens is 458 g/mol. The van der Waals surface area contributed by atoms with E-state index in [-0.39, 0.29) is 11.3 Å². The zero-order valence-corrected chi connectivity index (χ0v) is 16.7. The lowest BCUT2D eigenvalue weighted by atomic mass is 10.1. The maximum absolute atomic E-state index is 12.5. The van der Waals surface area contributed by atoms with Crippen LogP contribution >= 0.6 is 15.9 Å². The van der Waals surface area contributed by atoms with Crippen LogP contribution in [-0.4, -0.2) is 22.0 Å². The van der Waals surface area contributed by atoms with Gasteiger partial charge in [0.25, 0.3) is 11.4 Å². The highest BCUT2D eigenvalue weighted by Crippen LogP contribution is 2.25. The second-order valence-electron chi connectivity index (χ2n) is 5.91. The number of hydrogen-bond acceptors (Lipinski definition) is 7. The normalized spacial score (nSPS) is 10.7. The van der Waals surface area contributed by atoms with Gasteiger partial charge < -0.3 is 4.74 Å². The van der Waals surface area contributed by atoms with Gasteiger partial charge in [-0.2, -0.15) is 0 Å². The van der Waals surface area contributed by atoms with Gasteiger partial charge in [-0.3, -0.25) is 25.2 Å². The van der Waals surface area contributed by atoms with Crippen molar-refractivity contribution in [3.8, 4) is 5.75 Å². The van der Waals surface area contributed by atoms with Crippen molar-refractivity contribution in [2.45, 2.75) is 0 Å². The number of hydrogen-bond donors (Lipinski definition) is 0. The number of esters is 1. The van der Waals surface area contributed by atoms with Crippen molar-refractivity contribution in [2.75, 3.05) is 0 Å². The first kappa shape index (κ1) is 20.8. The Kier molecular flexibility index (Phi) is 6.28. The molecule has 0 aliphatic rings. The zero-order valence-electron chi connectivity index (χ0n) is 15.1. The fraction of sp³-hybridized carbons (Fsp3) is 0. The van der Waals surface area contributed by atoms with Crippen LogP contribution in [0.15, 0.2) is 76.2 Å². The smallest absolute Gasteiger partial charge is 0.344 e. The topological polar surface area (TPSA) is 125 Å². The molecule has 0 saturated carbocycles. The minimum Gasteiger partial charge on any atom is -0.422 e. The molecule has 0 fully saturated rings. The highest BCUT2D eigenvalue weighted by atomic mass is 79.9. The van der Waals surface area contributed by atoms with Crippen LogP contribution < -0.4 is 4.74 Å². The van der Waals surface area contributed by atoms with E-state index in [1.54, 1.807) is 30.3 Å². The number of para-hydroxylation sites is 1. The molecule has 0 amide bonds. The fourth-order valence-corrected chi connectivity index (χ4v) is 2.70. The lowest BCUT2D eigenvalue weighted by Crippen LogP contribution is -2.11. The molecule has 0 heterocycles. The van der Waals surface area contributed by atoms with E-state index in [4.69, 9.17) is 4.74 Å². The number of ether oxygens (including phenoxy) is 1. The number of halogens is 1. The highest BCUT2D eigenvalue weighted by Gasteiger charge is 2.21. The predicted molar refractivity (Wildman–Crippen MR) is 113 cm³/mol. The summed E-state index contributed by atoms with van der Waals surface area (Å²) < 4.78 is 6.23.